The van der Waals surface area contributed by atoms with E-state index < -0.39 is 5.91 Å². The van der Waals surface area contributed by atoms with E-state index in [1.165, 1.54) is 0 Å². The SMILES string of the molecule is CCCN(CCC)c1nc(C(N)=O)cc(N2CCOCC2)n1. The van der Waals surface area contributed by atoms with Gasteiger partial charge in [-0.05, 0) is 12.8 Å². The number of carbonyl (C=O) groups excluding carboxylic acids is 1. The normalized spacial score (nSPS) is 14.9. The second-order valence-corrected chi connectivity index (χ2v) is 5.36. The molecule has 2 N–H and O–H groups in total. The number of nitrogens with zero attached hydrogens (tertiary/aromatic N) is 4. The summed E-state index contributed by atoms with van der Waals surface area (Å²) in [6, 6.07) is 1.67. The summed E-state index contributed by atoms with van der Waals surface area (Å²) in [5.41, 5.74) is 5.71. The summed E-state index contributed by atoms with van der Waals surface area (Å²) >= 11 is 0. The lowest BCUT2D eigenvalue weighted by Gasteiger charge is -2.29. The van der Waals surface area contributed by atoms with E-state index >= 15 is 0 Å². The Hall–Kier alpha value is -1.89. The van der Waals surface area contributed by atoms with E-state index in [-0.39, 0.29) is 5.69 Å². The number of rotatable bonds is 7. The zero-order valence-electron chi connectivity index (χ0n) is 13.4. The molecule has 0 radical (unpaired) electrons. The maximum Gasteiger partial charge on any atom is 0.267 e. The van der Waals surface area contributed by atoms with Crippen molar-refractivity contribution in [3.05, 3.63) is 11.8 Å². The third-order valence-electron chi connectivity index (χ3n) is 3.56. The Morgan fingerprint density at radius 1 is 1.27 bits per heavy atom. The Kier molecular flexibility index (Phi) is 5.94. The number of primary amides is 1. The van der Waals surface area contributed by atoms with E-state index in [4.69, 9.17) is 10.5 Å². The molecule has 0 atom stereocenters. The van der Waals surface area contributed by atoms with Gasteiger partial charge in [0.2, 0.25) is 5.95 Å². The molecule has 7 nitrogen and oxygen atoms in total. The summed E-state index contributed by atoms with van der Waals surface area (Å²) < 4.78 is 5.37. The van der Waals surface area contributed by atoms with Gasteiger partial charge in [-0.15, -0.1) is 0 Å². The summed E-state index contributed by atoms with van der Waals surface area (Å²) in [5, 5.41) is 0. The fraction of sp³-hybridized carbons (Fsp3) is 0.667. The van der Waals surface area contributed by atoms with Gasteiger partial charge in [0.25, 0.3) is 5.91 Å². The standard InChI is InChI=1S/C15H25N5O2/c1-3-5-20(6-4-2)15-17-12(14(16)21)11-13(18-15)19-7-9-22-10-8-19/h11H,3-10H2,1-2H3,(H2,16,21). The fourth-order valence-corrected chi connectivity index (χ4v) is 2.50. The predicted molar refractivity (Wildman–Crippen MR) is 86.4 cm³/mol. The van der Waals surface area contributed by atoms with Crippen LogP contribution in [0.15, 0.2) is 6.07 Å². The third-order valence-corrected chi connectivity index (χ3v) is 3.56. The maximum absolute atomic E-state index is 11.6. The van der Waals surface area contributed by atoms with Crippen molar-refractivity contribution < 1.29 is 9.53 Å². The van der Waals surface area contributed by atoms with Crippen LogP contribution in [-0.2, 0) is 4.74 Å². The minimum Gasteiger partial charge on any atom is -0.378 e. The van der Waals surface area contributed by atoms with Gasteiger partial charge in [-0.25, -0.2) is 4.98 Å². The largest absolute Gasteiger partial charge is 0.378 e. The third kappa shape index (κ3) is 4.07. The summed E-state index contributed by atoms with van der Waals surface area (Å²) in [4.78, 5) is 24.8. The van der Waals surface area contributed by atoms with Crippen LogP contribution in [0.2, 0.25) is 0 Å². The van der Waals surface area contributed by atoms with Crippen molar-refractivity contribution >= 4 is 17.7 Å². The molecule has 0 spiro atoms. The minimum atomic E-state index is -0.522. The molecule has 122 valence electrons. The van der Waals surface area contributed by atoms with E-state index in [9.17, 15) is 4.79 Å². The van der Waals surface area contributed by atoms with Gasteiger partial charge in [-0.2, -0.15) is 4.98 Å². The van der Waals surface area contributed by atoms with Crippen LogP contribution in [0.3, 0.4) is 0 Å². The van der Waals surface area contributed by atoms with E-state index in [0.29, 0.717) is 19.2 Å². The smallest absolute Gasteiger partial charge is 0.267 e. The monoisotopic (exact) mass is 307 g/mol. The molecule has 1 aliphatic heterocycles. The number of morpholine rings is 1. The van der Waals surface area contributed by atoms with Gasteiger partial charge in [0, 0.05) is 32.2 Å². The Morgan fingerprint density at radius 3 is 2.45 bits per heavy atom. The molecule has 1 saturated heterocycles. The van der Waals surface area contributed by atoms with E-state index in [1.807, 2.05) is 0 Å². The van der Waals surface area contributed by atoms with E-state index in [0.717, 1.165) is 44.8 Å². The van der Waals surface area contributed by atoms with Crippen LogP contribution in [0, 0.1) is 0 Å². The van der Waals surface area contributed by atoms with Crippen molar-refractivity contribution in [2.24, 2.45) is 5.73 Å². The number of anilines is 2. The van der Waals surface area contributed by atoms with Crippen LogP contribution in [-0.4, -0.2) is 55.3 Å². The molecular formula is C15H25N5O2. The van der Waals surface area contributed by atoms with Crippen molar-refractivity contribution in [2.75, 3.05) is 49.2 Å². The lowest BCUT2D eigenvalue weighted by atomic mass is 10.3. The first-order valence-corrected chi connectivity index (χ1v) is 7.92. The van der Waals surface area contributed by atoms with Crippen LogP contribution in [0.5, 0.6) is 0 Å². The van der Waals surface area contributed by atoms with E-state index in [2.05, 4.69) is 33.6 Å². The number of hydrogen-bond acceptors (Lipinski definition) is 6. The Balaban J connectivity index is 2.34. The molecule has 0 unspecified atom stereocenters. The predicted octanol–water partition coefficient (Wildman–Crippen LogP) is 1.04. The number of hydrogen-bond donors (Lipinski definition) is 1. The Labute approximate surface area is 131 Å². The zero-order valence-corrected chi connectivity index (χ0v) is 13.4. The summed E-state index contributed by atoms with van der Waals surface area (Å²) in [6.07, 6.45) is 1.99. The van der Waals surface area contributed by atoms with Crippen LogP contribution in [0.1, 0.15) is 37.2 Å². The van der Waals surface area contributed by atoms with Gasteiger partial charge in [0.05, 0.1) is 13.2 Å². The second kappa shape index (κ2) is 7.93. The van der Waals surface area contributed by atoms with Gasteiger partial charge in [-0.3, -0.25) is 4.79 Å². The molecule has 1 aromatic rings. The van der Waals surface area contributed by atoms with E-state index in [1.54, 1.807) is 6.07 Å². The molecule has 2 rings (SSSR count). The molecule has 1 aromatic heterocycles. The molecule has 0 aliphatic carbocycles. The Morgan fingerprint density at radius 2 is 1.91 bits per heavy atom. The topological polar surface area (TPSA) is 84.6 Å². The van der Waals surface area contributed by atoms with Crippen molar-refractivity contribution in [2.45, 2.75) is 26.7 Å². The van der Waals surface area contributed by atoms with Gasteiger partial charge < -0.3 is 20.3 Å². The highest BCUT2D eigenvalue weighted by molar-refractivity contribution is 5.91. The average molecular weight is 307 g/mol. The number of amides is 1. The minimum absolute atomic E-state index is 0.267. The number of ether oxygens (including phenoxy) is 1. The van der Waals surface area contributed by atoms with Crippen LogP contribution in [0.4, 0.5) is 11.8 Å². The van der Waals surface area contributed by atoms with Gasteiger partial charge in [0.1, 0.15) is 11.5 Å². The molecule has 2 heterocycles. The summed E-state index contributed by atoms with van der Waals surface area (Å²) in [7, 11) is 0. The van der Waals surface area contributed by atoms with Crippen LogP contribution >= 0.6 is 0 Å². The Bertz CT molecular complexity index is 497. The average Bonchev–Trinajstić information content (AvgIpc) is 2.55. The lowest BCUT2D eigenvalue weighted by molar-refractivity contribution is 0.0995. The van der Waals surface area contributed by atoms with Gasteiger partial charge >= 0.3 is 0 Å². The molecule has 0 aromatic carbocycles. The van der Waals surface area contributed by atoms with Gasteiger partial charge in [0.15, 0.2) is 0 Å². The first-order chi connectivity index (χ1) is 10.7. The highest BCUT2D eigenvalue weighted by Crippen LogP contribution is 2.19. The number of aromatic nitrogens is 2. The quantitative estimate of drug-likeness (QED) is 0.810. The molecule has 1 amide bonds. The first-order valence-electron chi connectivity index (χ1n) is 7.92. The molecule has 1 fully saturated rings. The molecule has 1 aliphatic rings. The van der Waals surface area contributed by atoms with Crippen molar-refractivity contribution in [3.63, 3.8) is 0 Å². The highest BCUT2D eigenvalue weighted by Gasteiger charge is 2.18. The second-order valence-electron chi connectivity index (χ2n) is 5.36. The summed E-state index contributed by atoms with van der Waals surface area (Å²) in [6.45, 7) is 8.80. The van der Waals surface area contributed by atoms with Crippen LogP contribution in [0.25, 0.3) is 0 Å². The van der Waals surface area contributed by atoms with Crippen molar-refractivity contribution in [1.29, 1.82) is 0 Å². The molecule has 0 bridgehead atoms. The van der Waals surface area contributed by atoms with Crippen LogP contribution < -0.4 is 15.5 Å². The highest BCUT2D eigenvalue weighted by atomic mass is 16.5. The lowest BCUT2D eigenvalue weighted by Crippen LogP contribution is -2.37. The first kappa shape index (κ1) is 16.5. The zero-order chi connectivity index (χ0) is 15.9. The van der Waals surface area contributed by atoms with Crippen molar-refractivity contribution in [3.8, 4) is 0 Å². The molecular weight excluding hydrogens is 282 g/mol. The van der Waals surface area contributed by atoms with Gasteiger partial charge in [-0.1, -0.05) is 13.8 Å². The molecule has 0 saturated carbocycles. The fourth-order valence-electron chi connectivity index (χ4n) is 2.50. The molecule has 22 heavy (non-hydrogen) atoms. The molecule has 7 heteroatoms. The number of carbonyl (C=O) groups is 1. The maximum atomic E-state index is 11.6. The van der Waals surface area contributed by atoms with Crippen molar-refractivity contribution in [1.82, 2.24) is 9.97 Å². The summed E-state index contributed by atoms with van der Waals surface area (Å²) in [5.74, 6) is 0.812. The number of nitrogens with two attached hydrogens (primary N) is 1.